The molecule has 4 N–H and O–H groups in total. The van der Waals surface area contributed by atoms with Crippen LogP contribution in [0.4, 0.5) is 4.39 Å². The van der Waals surface area contributed by atoms with Crippen LogP contribution in [0.25, 0.3) is 10.9 Å². The lowest BCUT2D eigenvalue weighted by Gasteiger charge is -2.26. The topological polar surface area (TPSA) is 152 Å². The predicted molar refractivity (Wildman–Crippen MR) is 154 cm³/mol. The molecule has 0 aliphatic rings. The Balaban J connectivity index is 1.48. The maximum absolute atomic E-state index is 14.2. The van der Waals surface area contributed by atoms with Crippen LogP contribution in [-0.2, 0) is 29.2 Å². The smallest absolute Gasteiger partial charge is 0.269 e. The van der Waals surface area contributed by atoms with Crippen molar-refractivity contribution in [2.75, 3.05) is 6.54 Å². The molecule has 0 unspecified atom stereocenters. The first kappa shape index (κ1) is 30.1. The highest BCUT2D eigenvalue weighted by Crippen LogP contribution is 2.21. The highest BCUT2D eigenvalue weighted by molar-refractivity contribution is 6.30. The molecular weight excluding hydrogens is 565 g/mol. The van der Waals surface area contributed by atoms with Gasteiger partial charge in [-0.3, -0.25) is 28.8 Å². The quantitative estimate of drug-likeness (QED) is 0.243. The number of amides is 4. The number of benzene rings is 2. The van der Waals surface area contributed by atoms with Gasteiger partial charge in [0.15, 0.2) is 5.69 Å². The molecule has 0 bridgehead atoms. The van der Waals surface area contributed by atoms with Gasteiger partial charge in [0.25, 0.3) is 11.8 Å². The van der Waals surface area contributed by atoms with E-state index < -0.39 is 29.4 Å². The second-order valence-corrected chi connectivity index (χ2v) is 10.1. The molecule has 42 heavy (non-hydrogen) atoms. The standard InChI is InChI=1S/C29H29ClFN7O4/c1-17(2)37(15-24(39)34-13-19-6-5-8-22(30)26(19)31)25(40)16-38-23-10-9-18(12-21(23)27(36-38)28(32)41)29(42)35-14-20-7-3-4-11-33-20/h3-12,17H,13-16H2,1-2H3,(H2,32,41)(H,34,39)(H,35,42). The lowest BCUT2D eigenvalue weighted by molar-refractivity contribution is -0.138. The van der Waals surface area contributed by atoms with Crippen molar-refractivity contribution in [1.29, 1.82) is 0 Å². The number of fused-ring (bicyclic) bond motifs is 1. The molecule has 0 spiro atoms. The van der Waals surface area contributed by atoms with Crippen molar-refractivity contribution in [3.05, 3.63) is 94.1 Å². The second kappa shape index (κ2) is 13.2. The van der Waals surface area contributed by atoms with E-state index in [1.54, 1.807) is 50.4 Å². The largest absolute Gasteiger partial charge is 0.364 e. The van der Waals surface area contributed by atoms with Crippen molar-refractivity contribution in [3.63, 3.8) is 0 Å². The SMILES string of the molecule is CC(C)N(CC(=O)NCc1cccc(Cl)c1F)C(=O)Cn1nc(C(N)=O)c2cc(C(=O)NCc3ccccn3)ccc21. The van der Waals surface area contributed by atoms with Gasteiger partial charge in [-0.1, -0.05) is 29.8 Å². The Labute approximate surface area is 245 Å². The fraction of sp³-hybridized carbons (Fsp3) is 0.241. The molecule has 2 heterocycles. The third kappa shape index (κ3) is 7.07. The molecule has 4 aromatic rings. The van der Waals surface area contributed by atoms with Gasteiger partial charge >= 0.3 is 0 Å². The maximum atomic E-state index is 14.2. The summed E-state index contributed by atoms with van der Waals surface area (Å²) in [7, 11) is 0. The number of nitrogens with one attached hydrogen (secondary N) is 2. The van der Waals surface area contributed by atoms with E-state index in [0.717, 1.165) is 0 Å². The van der Waals surface area contributed by atoms with Crippen LogP contribution in [0.5, 0.6) is 0 Å². The average Bonchev–Trinajstić information content (AvgIpc) is 3.33. The summed E-state index contributed by atoms with van der Waals surface area (Å²) in [4.78, 5) is 56.4. The normalized spacial score (nSPS) is 11.0. The van der Waals surface area contributed by atoms with E-state index in [2.05, 4.69) is 20.7 Å². The van der Waals surface area contributed by atoms with Crippen molar-refractivity contribution >= 4 is 46.1 Å². The number of hydrogen-bond donors (Lipinski definition) is 3. The van der Waals surface area contributed by atoms with Crippen molar-refractivity contribution in [3.8, 4) is 0 Å². The van der Waals surface area contributed by atoms with E-state index in [-0.39, 0.29) is 54.1 Å². The average molecular weight is 594 g/mol. The van der Waals surface area contributed by atoms with Gasteiger partial charge in [-0.2, -0.15) is 5.10 Å². The summed E-state index contributed by atoms with van der Waals surface area (Å²) in [6, 6.07) is 14.1. The minimum Gasteiger partial charge on any atom is -0.364 e. The second-order valence-electron chi connectivity index (χ2n) is 9.71. The molecule has 0 aliphatic heterocycles. The van der Waals surface area contributed by atoms with E-state index in [1.807, 2.05) is 6.07 Å². The molecule has 2 aromatic carbocycles. The van der Waals surface area contributed by atoms with Crippen LogP contribution < -0.4 is 16.4 Å². The minimum absolute atomic E-state index is 0.0558. The van der Waals surface area contributed by atoms with Crippen LogP contribution in [0.15, 0.2) is 60.8 Å². The van der Waals surface area contributed by atoms with Crippen molar-refractivity contribution in [2.24, 2.45) is 5.73 Å². The Hall–Kier alpha value is -4.84. The van der Waals surface area contributed by atoms with Crippen LogP contribution in [0, 0.1) is 5.82 Å². The van der Waals surface area contributed by atoms with Gasteiger partial charge in [0.05, 0.1) is 29.3 Å². The molecule has 2 aromatic heterocycles. The number of carbonyl (C=O) groups is 4. The monoisotopic (exact) mass is 593 g/mol. The minimum atomic E-state index is -0.828. The van der Waals surface area contributed by atoms with Crippen LogP contribution in [0.2, 0.25) is 5.02 Å². The zero-order valence-electron chi connectivity index (χ0n) is 22.9. The number of halogens is 2. The van der Waals surface area contributed by atoms with Crippen LogP contribution >= 0.6 is 11.6 Å². The maximum Gasteiger partial charge on any atom is 0.269 e. The molecule has 0 saturated carbocycles. The first-order valence-corrected chi connectivity index (χ1v) is 13.4. The van der Waals surface area contributed by atoms with E-state index in [4.69, 9.17) is 17.3 Å². The Morgan fingerprint density at radius 1 is 1.05 bits per heavy atom. The third-order valence-electron chi connectivity index (χ3n) is 6.45. The van der Waals surface area contributed by atoms with Gasteiger partial charge in [-0.05, 0) is 50.2 Å². The molecule has 13 heteroatoms. The summed E-state index contributed by atoms with van der Waals surface area (Å²) in [5, 5.41) is 9.85. The molecule has 0 atom stereocenters. The van der Waals surface area contributed by atoms with Gasteiger partial charge in [0.2, 0.25) is 11.8 Å². The Morgan fingerprint density at radius 3 is 2.52 bits per heavy atom. The van der Waals surface area contributed by atoms with Gasteiger partial charge in [-0.25, -0.2) is 4.39 Å². The first-order valence-electron chi connectivity index (χ1n) is 13.0. The number of primary amides is 1. The van der Waals surface area contributed by atoms with Crippen molar-refractivity contribution in [1.82, 2.24) is 30.3 Å². The number of pyridine rings is 1. The van der Waals surface area contributed by atoms with Crippen molar-refractivity contribution in [2.45, 2.75) is 39.5 Å². The molecule has 0 aliphatic carbocycles. The first-order chi connectivity index (χ1) is 20.0. The van der Waals surface area contributed by atoms with Gasteiger partial charge in [-0.15, -0.1) is 0 Å². The molecule has 0 radical (unpaired) electrons. The molecule has 4 amide bonds. The summed E-state index contributed by atoms with van der Waals surface area (Å²) in [6.07, 6.45) is 1.62. The van der Waals surface area contributed by atoms with E-state index in [9.17, 15) is 23.6 Å². The van der Waals surface area contributed by atoms with Crippen LogP contribution in [-0.4, -0.2) is 55.9 Å². The number of hydrogen-bond acceptors (Lipinski definition) is 6. The number of rotatable bonds is 11. The number of aromatic nitrogens is 3. The van der Waals surface area contributed by atoms with E-state index in [1.165, 1.54) is 27.8 Å². The zero-order valence-corrected chi connectivity index (χ0v) is 23.7. The molecular formula is C29H29ClFN7O4. The van der Waals surface area contributed by atoms with Crippen LogP contribution in [0.1, 0.15) is 46.0 Å². The molecule has 0 saturated heterocycles. The fourth-order valence-corrected chi connectivity index (χ4v) is 4.46. The zero-order chi connectivity index (χ0) is 30.4. The van der Waals surface area contributed by atoms with E-state index in [0.29, 0.717) is 16.6 Å². The summed E-state index contributed by atoms with van der Waals surface area (Å²) in [5.41, 5.74) is 7.01. The summed E-state index contributed by atoms with van der Waals surface area (Å²) in [6.45, 7) is 3.00. The molecule has 4 rings (SSSR count). The van der Waals surface area contributed by atoms with Gasteiger partial charge < -0.3 is 21.3 Å². The van der Waals surface area contributed by atoms with Gasteiger partial charge in [0, 0.05) is 35.3 Å². The Morgan fingerprint density at radius 2 is 1.83 bits per heavy atom. The summed E-state index contributed by atoms with van der Waals surface area (Å²) < 4.78 is 15.5. The van der Waals surface area contributed by atoms with Crippen LogP contribution in [0.3, 0.4) is 0 Å². The van der Waals surface area contributed by atoms with Gasteiger partial charge in [0.1, 0.15) is 12.4 Å². The predicted octanol–water partition coefficient (Wildman–Crippen LogP) is 2.81. The van der Waals surface area contributed by atoms with Crippen molar-refractivity contribution < 1.29 is 23.6 Å². The molecule has 11 nitrogen and oxygen atoms in total. The Bertz CT molecular complexity index is 1640. The third-order valence-corrected chi connectivity index (χ3v) is 6.74. The number of carbonyl (C=O) groups excluding carboxylic acids is 4. The number of nitrogens with two attached hydrogens (primary N) is 1. The highest BCUT2D eigenvalue weighted by atomic mass is 35.5. The molecule has 0 fully saturated rings. The molecule has 218 valence electrons. The summed E-state index contributed by atoms with van der Waals surface area (Å²) >= 11 is 5.80. The van der Waals surface area contributed by atoms with E-state index >= 15 is 0 Å². The highest BCUT2D eigenvalue weighted by Gasteiger charge is 2.24. The Kier molecular flexibility index (Phi) is 9.48. The lowest BCUT2D eigenvalue weighted by Crippen LogP contribution is -2.45. The number of nitrogens with zero attached hydrogens (tertiary/aromatic N) is 4. The summed E-state index contributed by atoms with van der Waals surface area (Å²) in [5.74, 6) is -2.80. The fourth-order valence-electron chi connectivity index (χ4n) is 4.27. The lowest BCUT2D eigenvalue weighted by atomic mass is 10.1.